The third-order valence-corrected chi connectivity index (χ3v) is 2.74. The number of hydrogen-bond acceptors (Lipinski definition) is 3. The van der Waals surface area contributed by atoms with Crippen LogP contribution in [-0.2, 0) is 5.33 Å². The van der Waals surface area contributed by atoms with E-state index < -0.39 is 0 Å². The SMILES string of the molecule is BrCc1cc(-c2ccc(Br)nc2)no1. The van der Waals surface area contributed by atoms with Gasteiger partial charge in [-0.25, -0.2) is 4.98 Å². The van der Waals surface area contributed by atoms with E-state index in [9.17, 15) is 0 Å². The third-order valence-electron chi connectivity index (χ3n) is 1.71. The topological polar surface area (TPSA) is 38.9 Å². The number of hydrogen-bond donors (Lipinski definition) is 0. The van der Waals surface area contributed by atoms with Crippen molar-refractivity contribution >= 4 is 31.9 Å². The highest BCUT2D eigenvalue weighted by molar-refractivity contribution is 9.10. The maximum atomic E-state index is 5.06. The van der Waals surface area contributed by atoms with Gasteiger partial charge in [-0.15, -0.1) is 0 Å². The smallest absolute Gasteiger partial charge is 0.147 e. The van der Waals surface area contributed by atoms with Gasteiger partial charge < -0.3 is 4.52 Å². The van der Waals surface area contributed by atoms with Crippen molar-refractivity contribution in [1.29, 1.82) is 0 Å². The van der Waals surface area contributed by atoms with Crippen LogP contribution >= 0.6 is 31.9 Å². The summed E-state index contributed by atoms with van der Waals surface area (Å²) in [5.41, 5.74) is 1.75. The Morgan fingerprint density at radius 2 is 2.21 bits per heavy atom. The van der Waals surface area contributed by atoms with Gasteiger partial charge in [0.25, 0.3) is 0 Å². The molecule has 0 fully saturated rings. The minimum Gasteiger partial charge on any atom is -0.360 e. The lowest BCUT2D eigenvalue weighted by Crippen LogP contribution is -1.79. The molecule has 5 heteroatoms. The first-order valence-corrected chi connectivity index (χ1v) is 5.84. The Morgan fingerprint density at radius 3 is 2.79 bits per heavy atom. The first-order valence-electron chi connectivity index (χ1n) is 3.93. The lowest BCUT2D eigenvalue weighted by Gasteiger charge is -1.93. The number of nitrogens with zero attached hydrogens (tertiary/aromatic N) is 2. The van der Waals surface area contributed by atoms with Gasteiger partial charge >= 0.3 is 0 Å². The molecule has 0 aliphatic carbocycles. The Morgan fingerprint density at radius 1 is 1.36 bits per heavy atom. The van der Waals surface area contributed by atoms with Crippen molar-refractivity contribution < 1.29 is 4.52 Å². The summed E-state index contributed by atoms with van der Waals surface area (Å²) < 4.78 is 5.87. The molecular formula is C9H6Br2N2O. The number of rotatable bonds is 2. The molecule has 2 heterocycles. The summed E-state index contributed by atoms with van der Waals surface area (Å²) in [6.07, 6.45) is 1.75. The monoisotopic (exact) mass is 316 g/mol. The Hall–Kier alpha value is -0.680. The summed E-state index contributed by atoms with van der Waals surface area (Å²) in [4.78, 5) is 4.11. The minimum absolute atomic E-state index is 0.671. The van der Waals surface area contributed by atoms with E-state index in [0.29, 0.717) is 5.33 Å². The summed E-state index contributed by atoms with van der Waals surface area (Å²) >= 11 is 6.57. The molecule has 0 unspecified atom stereocenters. The van der Waals surface area contributed by atoms with Crippen LogP contribution in [0.25, 0.3) is 11.3 Å². The first kappa shape index (κ1) is 9.86. The molecule has 0 aliphatic rings. The van der Waals surface area contributed by atoms with Crippen LogP contribution in [0.4, 0.5) is 0 Å². The average Bonchev–Trinajstić information content (AvgIpc) is 2.67. The van der Waals surface area contributed by atoms with Crippen molar-refractivity contribution in [2.45, 2.75) is 5.33 Å². The van der Waals surface area contributed by atoms with E-state index in [1.54, 1.807) is 6.20 Å². The fourth-order valence-electron chi connectivity index (χ4n) is 1.04. The maximum Gasteiger partial charge on any atom is 0.147 e. The molecule has 0 radical (unpaired) electrons. The highest BCUT2D eigenvalue weighted by atomic mass is 79.9. The Kier molecular flexibility index (Phi) is 2.98. The first-order chi connectivity index (χ1) is 6.79. The van der Waals surface area contributed by atoms with Crippen LogP contribution in [0.3, 0.4) is 0 Å². The summed E-state index contributed by atoms with van der Waals surface area (Å²) in [6.45, 7) is 0. The zero-order chi connectivity index (χ0) is 9.97. The zero-order valence-electron chi connectivity index (χ0n) is 7.08. The van der Waals surface area contributed by atoms with Crippen LogP contribution < -0.4 is 0 Å². The lowest BCUT2D eigenvalue weighted by molar-refractivity contribution is 0.398. The van der Waals surface area contributed by atoms with Gasteiger partial charge in [0.15, 0.2) is 0 Å². The zero-order valence-corrected chi connectivity index (χ0v) is 10.2. The van der Waals surface area contributed by atoms with Gasteiger partial charge in [-0.3, -0.25) is 0 Å². The standard InChI is InChI=1S/C9H6Br2N2O/c10-4-7-3-8(13-14-7)6-1-2-9(11)12-5-6/h1-3,5H,4H2. The summed E-state index contributed by atoms with van der Waals surface area (Å²) in [5.74, 6) is 0.808. The van der Waals surface area contributed by atoms with Crippen molar-refractivity contribution in [2.75, 3.05) is 0 Å². The molecule has 2 rings (SSSR count). The second-order valence-electron chi connectivity index (χ2n) is 2.68. The number of aromatic nitrogens is 2. The molecule has 0 aliphatic heterocycles. The minimum atomic E-state index is 0.671. The van der Waals surface area contributed by atoms with Crippen LogP contribution in [0.2, 0.25) is 0 Å². The molecule has 0 N–H and O–H groups in total. The molecule has 0 saturated heterocycles. The van der Waals surface area contributed by atoms with Crippen LogP contribution in [0, 0.1) is 0 Å². The molecule has 2 aromatic rings. The summed E-state index contributed by atoms with van der Waals surface area (Å²) in [7, 11) is 0. The van der Waals surface area contributed by atoms with E-state index >= 15 is 0 Å². The molecule has 72 valence electrons. The highest BCUT2D eigenvalue weighted by Crippen LogP contribution is 2.20. The van der Waals surface area contributed by atoms with E-state index in [1.807, 2.05) is 18.2 Å². The molecule has 0 saturated carbocycles. The molecular weight excluding hydrogens is 312 g/mol. The lowest BCUT2D eigenvalue weighted by atomic mass is 10.2. The Labute approximate surface area is 97.8 Å². The molecule has 0 atom stereocenters. The van der Waals surface area contributed by atoms with Crippen molar-refractivity contribution in [1.82, 2.24) is 10.1 Å². The van der Waals surface area contributed by atoms with E-state index in [-0.39, 0.29) is 0 Å². The maximum absolute atomic E-state index is 5.06. The highest BCUT2D eigenvalue weighted by Gasteiger charge is 2.05. The second-order valence-corrected chi connectivity index (χ2v) is 4.05. The van der Waals surface area contributed by atoms with Gasteiger partial charge in [0.05, 0.1) is 5.33 Å². The molecule has 2 aromatic heterocycles. The molecule has 0 spiro atoms. The number of halogens is 2. The van der Waals surface area contributed by atoms with Crippen LogP contribution in [0.1, 0.15) is 5.76 Å². The van der Waals surface area contributed by atoms with Gasteiger partial charge in [0.2, 0.25) is 0 Å². The van der Waals surface area contributed by atoms with Gasteiger partial charge in [-0.1, -0.05) is 21.1 Å². The Balaban J connectivity index is 2.34. The second kappa shape index (κ2) is 4.23. The third kappa shape index (κ3) is 2.04. The average molecular weight is 318 g/mol. The normalized spacial score (nSPS) is 10.4. The van der Waals surface area contributed by atoms with E-state index in [2.05, 4.69) is 42.0 Å². The number of pyridine rings is 1. The summed E-state index contributed by atoms with van der Waals surface area (Å²) in [5, 5.41) is 4.60. The predicted octanol–water partition coefficient (Wildman–Crippen LogP) is 3.39. The fourth-order valence-corrected chi connectivity index (χ4v) is 1.54. The van der Waals surface area contributed by atoms with Crippen molar-refractivity contribution in [3.05, 3.63) is 34.8 Å². The van der Waals surface area contributed by atoms with Crippen LogP contribution in [-0.4, -0.2) is 10.1 Å². The number of alkyl halides is 1. The fraction of sp³-hybridized carbons (Fsp3) is 0.111. The molecule has 0 amide bonds. The van der Waals surface area contributed by atoms with Gasteiger partial charge in [-0.05, 0) is 28.1 Å². The molecule has 3 nitrogen and oxygen atoms in total. The summed E-state index contributed by atoms with van der Waals surface area (Å²) in [6, 6.07) is 5.70. The van der Waals surface area contributed by atoms with Gasteiger partial charge in [0, 0.05) is 17.8 Å². The van der Waals surface area contributed by atoms with Gasteiger partial charge in [-0.2, -0.15) is 0 Å². The Bertz CT molecular complexity index is 425. The van der Waals surface area contributed by atoms with E-state index in [0.717, 1.165) is 21.6 Å². The van der Waals surface area contributed by atoms with Crippen molar-refractivity contribution in [2.24, 2.45) is 0 Å². The molecule has 14 heavy (non-hydrogen) atoms. The molecule has 0 bridgehead atoms. The van der Waals surface area contributed by atoms with Gasteiger partial charge in [0.1, 0.15) is 16.1 Å². The predicted molar refractivity (Wildman–Crippen MR) is 60.1 cm³/mol. The van der Waals surface area contributed by atoms with E-state index in [4.69, 9.17) is 4.52 Å². The molecule has 0 aromatic carbocycles. The van der Waals surface area contributed by atoms with Crippen molar-refractivity contribution in [3.63, 3.8) is 0 Å². The quantitative estimate of drug-likeness (QED) is 0.629. The van der Waals surface area contributed by atoms with E-state index in [1.165, 1.54) is 0 Å². The van der Waals surface area contributed by atoms with Crippen LogP contribution in [0.5, 0.6) is 0 Å². The van der Waals surface area contributed by atoms with Crippen molar-refractivity contribution in [3.8, 4) is 11.3 Å². The largest absolute Gasteiger partial charge is 0.360 e. The van der Waals surface area contributed by atoms with Crippen LogP contribution in [0.15, 0.2) is 33.5 Å².